The van der Waals surface area contributed by atoms with Crippen LogP contribution >= 0.6 is 0 Å². The van der Waals surface area contributed by atoms with Gasteiger partial charge in [-0.15, -0.1) is 0 Å². The Bertz CT molecular complexity index is 344. The van der Waals surface area contributed by atoms with Gasteiger partial charge in [0.25, 0.3) is 0 Å². The first-order chi connectivity index (χ1) is 9.38. The quantitative estimate of drug-likeness (QED) is 0.725. The zero-order valence-corrected chi connectivity index (χ0v) is 12.0. The Balaban J connectivity index is 1.57. The van der Waals surface area contributed by atoms with Gasteiger partial charge in [-0.25, -0.2) is 0 Å². The fourth-order valence-corrected chi connectivity index (χ4v) is 2.59. The fraction of sp³-hybridized carbons (Fsp3) is 0.625. The number of hydrogen-bond acceptors (Lipinski definition) is 2. The van der Waals surface area contributed by atoms with Gasteiger partial charge in [0.2, 0.25) is 0 Å². The molecule has 0 amide bonds. The van der Waals surface area contributed by atoms with E-state index in [4.69, 9.17) is 9.47 Å². The molecule has 0 bridgehead atoms. The van der Waals surface area contributed by atoms with Gasteiger partial charge >= 0.3 is 0 Å². The minimum Gasteiger partial charge on any atom is -0.494 e. The van der Waals surface area contributed by atoms with E-state index in [-0.39, 0.29) is 0 Å². The molecule has 1 heterocycles. The zero-order chi connectivity index (χ0) is 13.3. The van der Waals surface area contributed by atoms with Crippen molar-refractivity contribution in [3.05, 3.63) is 24.3 Å². The minimum atomic E-state index is 0.707. The highest BCUT2D eigenvalue weighted by molar-refractivity contribution is 5.31. The summed E-state index contributed by atoms with van der Waals surface area (Å²) in [5, 5.41) is 0. The molecule has 0 aliphatic carbocycles. The van der Waals surface area contributed by atoms with Crippen LogP contribution < -0.4 is 14.4 Å². The lowest BCUT2D eigenvalue weighted by molar-refractivity contribution is -0.887. The Kier molecular flexibility index (Phi) is 6.02. The van der Waals surface area contributed by atoms with Gasteiger partial charge in [0, 0.05) is 12.8 Å². The number of benzene rings is 1. The van der Waals surface area contributed by atoms with E-state index in [0.717, 1.165) is 24.5 Å². The van der Waals surface area contributed by atoms with Crippen LogP contribution in [-0.2, 0) is 0 Å². The molecule has 1 fully saturated rings. The summed E-state index contributed by atoms with van der Waals surface area (Å²) in [6.07, 6.45) is 5.25. The molecule has 0 aromatic heterocycles. The molecule has 0 radical (unpaired) electrons. The molecule has 0 unspecified atom stereocenters. The molecular weight excluding hydrogens is 238 g/mol. The van der Waals surface area contributed by atoms with Crippen molar-refractivity contribution in [2.45, 2.75) is 32.6 Å². The van der Waals surface area contributed by atoms with Gasteiger partial charge < -0.3 is 14.4 Å². The summed E-state index contributed by atoms with van der Waals surface area (Å²) in [7, 11) is 0. The van der Waals surface area contributed by atoms with Crippen molar-refractivity contribution in [2.75, 3.05) is 32.8 Å². The topological polar surface area (TPSA) is 22.9 Å². The normalized spacial score (nSPS) is 15.6. The molecule has 1 aromatic rings. The molecule has 0 spiro atoms. The number of quaternary nitrogens is 1. The Morgan fingerprint density at radius 2 is 1.58 bits per heavy atom. The van der Waals surface area contributed by atoms with E-state index >= 15 is 0 Å². The Labute approximate surface area is 116 Å². The molecule has 2 rings (SSSR count). The van der Waals surface area contributed by atoms with Gasteiger partial charge in [0.1, 0.15) is 11.5 Å². The maximum Gasteiger partial charge on any atom is 0.119 e. The van der Waals surface area contributed by atoms with Crippen molar-refractivity contribution in [3.63, 3.8) is 0 Å². The molecule has 3 heteroatoms. The second-order valence-electron chi connectivity index (χ2n) is 5.17. The van der Waals surface area contributed by atoms with E-state index in [9.17, 15) is 0 Å². The summed E-state index contributed by atoms with van der Waals surface area (Å²) < 4.78 is 11.1. The van der Waals surface area contributed by atoms with Crippen LogP contribution in [0.1, 0.15) is 32.6 Å². The average molecular weight is 264 g/mol. The molecule has 1 aliphatic rings. The maximum absolute atomic E-state index is 5.74. The number of nitrogens with one attached hydrogen (secondary N) is 1. The van der Waals surface area contributed by atoms with Gasteiger partial charge in [0.05, 0.1) is 32.8 Å². The van der Waals surface area contributed by atoms with Crippen molar-refractivity contribution < 1.29 is 14.4 Å². The van der Waals surface area contributed by atoms with Crippen LogP contribution in [0.25, 0.3) is 0 Å². The largest absolute Gasteiger partial charge is 0.494 e. The molecule has 19 heavy (non-hydrogen) atoms. The molecule has 1 N–H and O–H groups in total. The van der Waals surface area contributed by atoms with E-state index in [1.54, 1.807) is 4.90 Å². The number of ether oxygens (including phenoxy) is 2. The third-order valence-electron chi connectivity index (χ3n) is 3.64. The first-order valence-electron chi connectivity index (χ1n) is 7.57. The van der Waals surface area contributed by atoms with Crippen molar-refractivity contribution in [1.29, 1.82) is 0 Å². The lowest BCUT2D eigenvalue weighted by Crippen LogP contribution is -3.09. The summed E-state index contributed by atoms with van der Waals surface area (Å²) in [6.45, 7) is 7.58. The Hall–Kier alpha value is -1.22. The Morgan fingerprint density at radius 3 is 2.21 bits per heavy atom. The Morgan fingerprint density at radius 1 is 0.947 bits per heavy atom. The van der Waals surface area contributed by atoms with Gasteiger partial charge in [-0.1, -0.05) is 0 Å². The highest BCUT2D eigenvalue weighted by atomic mass is 16.5. The summed E-state index contributed by atoms with van der Waals surface area (Å²) in [4.78, 5) is 1.78. The molecule has 1 aliphatic heterocycles. The van der Waals surface area contributed by atoms with E-state index in [1.807, 2.05) is 31.2 Å². The SMILES string of the molecule is CCOc1ccc(OCCCC[NH+]2CCCC2)cc1. The minimum absolute atomic E-state index is 0.707. The van der Waals surface area contributed by atoms with Crippen LogP contribution in [0.2, 0.25) is 0 Å². The molecular formula is C16H26NO2+. The second-order valence-corrected chi connectivity index (χ2v) is 5.17. The van der Waals surface area contributed by atoms with Crippen molar-refractivity contribution in [2.24, 2.45) is 0 Å². The maximum atomic E-state index is 5.74. The third kappa shape index (κ3) is 5.11. The van der Waals surface area contributed by atoms with E-state index in [2.05, 4.69) is 0 Å². The van der Waals surface area contributed by atoms with Crippen LogP contribution in [0.3, 0.4) is 0 Å². The number of likely N-dealkylation sites (tertiary alicyclic amines) is 1. The first-order valence-corrected chi connectivity index (χ1v) is 7.57. The lowest BCUT2D eigenvalue weighted by atomic mass is 10.3. The van der Waals surface area contributed by atoms with Crippen molar-refractivity contribution in [1.82, 2.24) is 0 Å². The molecule has 0 saturated carbocycles. The van der Waals surface area contributed by atoms with Crippen LogP contribution in [0.15, 0.2) is 24.3 Å². The van der Waals surface area contributed by atoms with Crippen LogP contribution in [0, 0.1) is 0 Å². The predicted molar refractivity (Wildman–Crippen MR) is 77.1 cm³/mol. The monoisotopic (exact) mass is 264 g/mol. The fourth-order valence-electron chi connectivity index (χ4n) is 2.59. The summed E-state index contributed by atoms with van der Waals surface area (Å²) in [5.74, 6) is 1.85. The van der Waals surface area contributed by atoms with E-state index in [0.29, 0.717) is 6.61 Å². The van der Waals surface area contributed by atoms with Crippen molar-refractivity contribution >= 4 is 0 Å². The molecule has 1 saturated heterocycles. The smallest absolute Gasteiger partial charge is 0.119 e. The number of rotatable bonds is 8. The van der Waals surface area contributed by atoms with Gasteiger partial charge in [-0.05, 0) is 44.0 Å². The van der Waals surface area contributed by atoms with Crippen LogP contribution in [0.4, 0.5) is 0 Å². The zero-order valence-electron chi connectivity index (χ0n) is 12.0. The summed E-state index contributed by atoms with van der Waals surface area (Å²) >= 11 is 0. The third-order valence-corrected chi connectivity index (χ3v) is 3.64. The average Bonchev–Trinajstić information content (AvgIpc) is 2.94. The first kappa shape index (κ1) is 14.2. The van der Waals surface area contributed by atoms with E-state index < -0.39 is 0 Å². The predicted octanol–water partition coefficient (Wildman–Crippen LogP) is 1.92. The molecule has 0 atom stereocenters. The standard InChI is InChI=1S/C16H25NO2/c1-2-18-15-7-9-16(10-8-15)19-14-6-5-13-17-11-3-4-12-17/h7-10H,2-6,11-14H2,1H3/p+1. The second kappa shape index (κ2) is 8.05. The highest BCUT2D eigenvalue weighted by Gasteiger charge is 2.13. The van der Waals surface area contributed by atoms with Gasteiger partial charge in [-0.3, -0.25) is 0 Å². The lowest BCUT2D eigenvalue weighted by Gasteiger charge is -2.12. The molecule has 3 nitrogen and oxygen atoms in total. The van der Waals surface area contributed by atoms with Crippen LogP contribution in [0.5, 0.6) is 11.5 Å². The summed E-state index contributed by atoms with van der Waals surface area (Å²) in [5.41, 5.74) is 0. The summed E-state index contributed by atoms with van der Waals surface area (Å²) in [6, 6.07) is 7.90. The van der Waals surface area contributed by atoms with Crippen molar-refractivity contribution in [3.8, 4) is 11.5 Å². The number of unbranched alkanes of at least 4 members (excludes halogenated alkanes) is 1. The molecule has 1 aromatic carbocycles. The highest BCUT2D eigenvalue weighted by Crippen LogP contribution is 2.17. The van der Waals surface area contributed by atoms with Crippen LogP contribution in [-0.4, -0.2) is 32.8 Å². The van der Waals surface area contributed by atoms with E-state index in [1.165, 1.54) is 38.9 Å². The number of hydrogen-bond donors (Lipinski definition) is 1. The molecule has 106 valence electrons. The van der Waals surface area contributed by atoms with Gasteiger partial charge in [0.15, 0.2) is 0 Å². The van der Waals surface area contributed by atoms with Gasteiger partial charge in [-0.2, -0.15) is 0 Å².